The fraction of sp³-hybridized carbons (Fsp3) is 0.577. The van der Waals surface area contributed by atoms with E-state index in [4.69, 9.17) is 4.98 Å². The average molecular weight is 450 g/mol. The van der Waals surface area contributed by atoms with Crippen molar-refractivity contribution in [3.8, 4) is 0 Å². The van der Waals surface area contributed by atoms with E-state index in [1.54, 1.807) is 6.20 Å². The van der Waals surface area contributed by atoms with Crippen LogP contribution in [0.4, 0.5) is 11.8 Å². The Morgan fingerprint density at radius 2 is 1.94 bits per heavy atom. The third-order valence-electron chi connectivity index (χ3n) is 7.67. The van der Waals surface area contributed by atoms with E-state index in [0.29, 0.717) is 23.9 Å². The Kier molecular flexibility index (Phi) is 6.23. The van der Waals surface area contributed by atoms with Crippen LogP contribution in [0.5, 0.6) is 0 Å². The van der Waals surface area contributed by atoms with Gasteiger partial charge in [0.1, 0.15) is 11.4 Å². The standard InChI is InChI=1S/C26H35N5O2/c1-16-3-7-22(8-4-16)29-25(33)23-12-28-26(31-13-20-10-21(20)14-31)30-24(23)27-11-18-5-6-19(15-32)17(2)9-18/h5-6,9,12,16,20-22,32H,3-4,7-8,10-11,13-15H2,1-2H3,(H,29,33)(H,27,28,30). The van der Waals surface area contributed by atoms with Gasteiger partial charge in [-0.3, -0.25) is 4.79 Å². The summed E-state index contributed by atoms with van der Waals surface area (Å²) in [4.78, 5) is 24.8. The van der Waals surface area contributed by atoms with Gasteiger partial charge in [0.2, 0.25) is 5.95 Å². The molecule has 0 spiro atoms. The summed E-state index contributed by atoms with van der Waals surface area (Å²) >= 11 is 0. The van der Waals surface area contributed by atoms with Gasteiger partial charge in [0, 0.05) is 31.9 Å². The van der Waals surface area contributed by atoms with E-state index >= 15 is 0 Å². The molecule has 0 bridgehead atoms. The summed E-state index contributed by atoms with van der Waals surface area (Å²) in [7, 11) is 0. The Morgan fingerprint density at radius 1 is 1.18 bits per heavy atom. The molecule has 3 N–H and O–H groups in total. The van der Waals surface area contributed by atoms with Crippen LogP contribution in [-0.4, -0.2) is 40.1 Å². The topological polar surface area (TPSA) is 90.4 Å². The van der Waals surface area contributed by atoms with Crippen molar-refractivity contribution < 1.29 is 9.90 Å². The lowest BCUT2D eigenvalue weighted by atomic mass is 9.87. The van der Waals surface area contributed by atoms with Crippen molar-refractivity contribution in [2.45, 2.75) is 65.1 Å². The predicted octanol–water partition coefficient (Wildman–Crippen LogP) is 3.65. The van der Waals surface area contributed by atoms with Gasteiger partial charge in [-0.2, -0.15) is 4.98 Å². The average Bonchev–Trinajstić information content (AvgIpc) is 3.43. The number of carbonyl (C=O) groups is 1. The molecule has 3 fully saturated rings. The van der Waals surface area contributed by atoms with E-state index in [-0.39, 0.29) is 18.6 Å². The largest absolute Gasteiger partial charge is 0.392 e. The first kappa shape index (κ1) is 22.1. The number of benzene rings is 1. The molecule has 1 amide bonds. The summed E-state index contributed by atoms with van der Waals surface area (Å²) < 4.78 is 0. The number of piperidine rings is 1. The second-order valence-electron chi connectivity index (χ2n) is 10.3. The number of aryl methyl sites for hydroxylation is 1. The van der Waals surface area contributed by atoms with Crippen LogP contribution in [0.25, 0.3) is 0 Å². The molecule has 7 nitrogen and oxygen atoms in total. The van der Waals surface area contributed by atoms with Crippen LogP contribution in [-0.2, 0) is 13.2 Å². The molecule has 2 unspecified atom stereocenters. The van der Waals surface area contributed by atoms with Gasteiger partial charge in [0.15, 0.2) is 0 Å². The molecule has 2 atom stereocenters. The first-order valence-corrected chi connectivity index (χ1v) is 12.4. The van der Waals surface area contributed by atoms with E-state index in [1.807, 2.05) is 19.1 Å². The molecule has 2 saturated carbocycles. The van der Waals surface area contributed by atoms with Crippen LogP contribution in [0, 0.1) is 24.7 Å². The zero-order valence-corrected chi connectivity index (χ0v) is 19.7. The highest BCUT2D eigenvalue weighted by Crippen LogP contribution is 2.45. The minimum absolute atomic E-state index is 0.0386. The third kappa shape index (κ3) is 4.98. The minimum atomic E-state index is -0.0975. The summed E-state index contributed by atoms with van der Waals surface area (Å²) in [5.41, 5.74) is 3.57. The molecule has 1 aromatic heterocycles. The molecule has 1 aliphatic heterocycles. The molecule has 2 aliphatic carbocycles. The van der Waals surface area contributed by atoms with Crippen molar-refractivity contribution in [1.82, 2.24) is 15.3 Å². The van der Waals surface area contributed by atoms with Gasteiger partial charge in [-0.15, -0.1) is 0 Å². The Morgan fingerprint density at radius 3 is 2.64 bits per heavy atom. The molecule has 33 heavy (non-hydrogen) atoms. The number of nitrogens with zero attached hydrogens (tertiary/aromatic N) is 3. The van der Waals surface area contributed by atoms with Gasteiger partial charge in [-0.25, -0.2) is 4.98 Å². The van der Waals surface area contributed by atoms with Gasteiger partial charge in [-0.05, 0) is 73.5 Å². The van der Waals surface area contributed by atoms with E-state index in [9.17, 15) is 9.90 Å². The quantitative estimate of drug-likeness (QED) is 0.598. The molecule has 7 heteroatoms. The van der Waals surface area contributed by atoms with Crippen molar-refractivity contribution >= 4 is 17.7 Å². The second kappa shape index (κ2) is 9.29. The van der Waals surface area contributed by atoms with E-state index in [1.165, 1.54) is 6.42 Å². The summed E-state index contributed by atoms with van der Waals surface area (Å²) in [6, 6.07) is 6.24. The first-order valence-electron chi connectivity index (χ1n) is 12.4. The SMILES string of the molecule is Cc1cc(CNc2nc(N3CC4CC4C3)ncc2C(=O)NC2CCC(C)CC2)ccc1CO. The van der Waals surface area contributed by atoms with Crippen LogP contribution < -0.4 is 15.5 Å². The maximum absolute atomic E-state index is 13.2. The first-order chi connectivity index (χ1) is 16.0. The number of fused-ring (bicyclic) bond motifs is 1. The fourth-order valence-electron chi connectivity index (χ4n) is 5.29. The van der Waals surface area contributed by atoms with Crippen LogP contribution in [0.2, 0.25) is 0 Å². The molecule has 2 heterocycles. The molecule has 176 valence electrons. The monoisotopic (exact) mass is 449 g/mol. The minimum Gasteiger partial charge on any atom is -0.392 e. The Balaban J connectivity index is 1.34. The number of anilines is 2. The zero-order valence-electron chi connectivity index (χ0n) is 19.7. The molecular weight excluding hydrogens is 414 g/mol. The maximum atomic E-state index is 13.2. The molecule has 3 aliphatic rings. The number of carbonyl (C=O) groups excluding carboxylic acids is 1. The van der Waals surface area contributed by atoms with Crippen LogP contribution in [0.3, 0.4) is 0 Å². The fourth-order valence-corrected chi connectivity index (χ4v) is 5.29. The van der Waals surface area contributed by atoms with Gasteiger partial charge in [0.25, 0.3) is 5.91 Å². The third-order valence-corrected chi connectivity index (χ3v) is 7.67. The number of hydrogen-bond acceptors (Lipinski definition) is 6. The summed E-state index contributed by atoms with van der Waals surface area (Å²) in [6.07, 6.45) is 7.39. The molecule has 5 rings (SSSR count). The molecular formula is C26H35N5O2. The van der Waals surface area contributed by atoms with Crippen LogP contribution >= 0.6 is 0 Å². The van der Waals surface area contributed by atoms with Crippen molar-refractivity contribution in [3.63, 3.8) is 0 Å². The number of aromatic nitrogens is 2. The number of amides is 1. The number of rotatable bonds is 7. The lowest BCUT2D eigenvalue weighted by Crippen LogP contribution is -2.38. The van der Waals surface area contributed by atoms with Crippen molar-refractivity contribution in [2.24, 2.45) is 17.8 Å². The second-order valence-corrected chi connectivity index (χ2v) is 10.3. The Bertz CT molecular complexity index is 1010. The predicted molar refractivity (Wildman–Crippen MR) is 129 cm³/mol. The zero-order chi connectivity index (χ0) is 22.9. The lowest BCUT2D eigenvalue weighted by Gasteiger charge is -2.27. The van der Waals surface area contributed by atoms with Crippen LogP contribution in [0.15, 0.2) is 24.4 Å². The Hall–Kier alpha value is -2.67. The molecule has 1 saturated heterocycles. The highest BCUT2D eigenvalue weighted by molar-refractivity contribution is 5.98. The van der Waals surface area contributed by atoms with Crippen molar-refractivity contribution in [2.75, 3.05) is 23.3 Å². The molecule has 0 radical (unpaired) electrons. The smallest absolute Gasteiger partial charge is 0.256 e. The Labute approximate surface area is 196 Å². The summed E-state index contributed by atoms with van der Waals surface area (Å²) in [6.45, 7) is 6.89. The summed E-state index contributed by atoms with van der Waals surface area (Å²) in [5.74, 6) is 3.51. The lowest BCUT2D eigenvalue weighted by molar-refractivity contribution is 0.0923. The van der Waals surface area contributed by atoms with Crippen molar-refractivity contribution in [3.05, 3.63) is 46.6 Å². The van der Waals surface area contributed by atoms with E-state index < -0.39 is 0 Å². The molecule has 1 aromatic carbocycles. The number of hydrogen-bond donors (Lipinski definition) is 3. The highest BCUT2D eigenvalue weighted by atomic mass is 16.3. The number of aliphatic hydroxyl groups excluding tert-OH is 1. The number of nitrogens with one attached hydrogen (secondary N) is 2. The normalized spacial score (nSPS) is 26.1. The van der Waals surface area contributed by atoms with Gasteiger partial charge in [-0.1, -0.05) is 25.1 Å². The van der Waals surface area contributed by atoms with Gasteiger partial charge in [0.05, 0.1) is 6.61 Å². The van der Waals surface area contributed by atoms with Crippen molar-refractivity contribution in [1.29, 1.82) is 0 Å². The molecule has 2 aromatic rings. The highest BCUT2D eigenvalue weighted by Gasteiger charge is 2.46. The van der Waals surface area contributed by atoms with Gasteiger partial charge >= 0.3 is 0 Å². The maximum Gasteiger partial charge on any atom is 0.256 e. The van der Waals surface area contributed by atoms with Crippen LogP contribution in [0.1, 0.15) is 66.1 Å². The summed E-state index contributed by atoms with van der Waals surface area (Å²) in [5, 5.41) is 16.1. The van der Waals surface area contributed by atoms with Gasteiger partial charge < -0.3 is 20.6 Å². The van der Waals surface area contributed by atoms with E-state index in [2.05, 4.69) is 33.5 Å². The van der Waals surface area contributed by atoms with E-state index in [0.717, 1.165) is 73.2 Å². The number of aliphatic hydroxyl groups is 1.